The molecule has 3 fully saturated rings. The van der Waals surface area contributed by atoms with Crippen LogP contribution in [0, 0.1) is 6.92 Å². The summed E-state index contributed by atoms with van der Waals surface area (Å²) in [5, 5.41) is 0. The van der Waals surface area contributed by atoms with Gasteiger partial charge in [-0.2, -0.15) is 4.31 Å². The lowest BCUT2D eigenvalue weighted by Crippen LogP contribution is -2.62. The molecule has 3 aromatic rings. The zero-order valence-electron chi connectivity index (χ0n) is 31.3. The minimum atomic E-state index is -3.99. The third kappa shape index (κ3) is 7.18. The SMILES string of the molecule is COc1ccc(C(=C=CO[C@H]2[C@@H]3OC(C)(C)O[C@@H]3CO[C@]23COC(C)(C)O3)C2=C[C@@H](c3ccc(OC)cc3)N(S(=O)(=O)c3ccc(C)cc3)[C@@H]2C)cc1. The smallest absolute Gasteiger partial charge is 0.244 e. The first-order valence-electron chi connectivity index (χ1n) is 17.7. The second-order valence-corrected chi connectivity index (χ2v) is 16.5. The van der Waals surface area contributed by atoms with Gasteiger partial charge in [-0.3, -0.25) is 0 Å². The fourth-order valence-electron chi connectivity index (χ4n) is 7.49. The number of fused-ring (bicyclic) bond motifs is 1. The maximum Gasteiger partial charge on any atom is 0.244 e. The number of nitrogens with zero attached hydrogens (tertiary/aromatic N) is 1. The molecule has 11 nitrogen and oxygen atoms in total. The number of benzene rings is 3. The second-order valence-electron chi connectivity index (χ2n) is 14.6. The highest BCUT2D eigenvalue weighted by Crippen LogP contribution is 2.47. The van der Waals surface area contributed by atoms with Gasteiger partial charge in [0.25, 0.3) is 0 Å². The molecule has 282 valence electrons. The van der Waals surface area contributed by atoms with Gasteiger partial charge in [0, 0.05) is 11.6 Å². The van der Waals surface area contributed by atoms with Crippen LogP contribution in [0.15, 0.2) is 101 Å². The molecule has 0 N–H and O–H groups in total. The van der Waals surface area contributed by atoms with E-state index in [2.05, 4.69) is 5.73 Å². The molecule has 12 heteroatoms. The summed E-state index contributed by atoms with van der Waals surface area (Å²) in [6, 6.07) is 20.6. The molecule has 4 aliphatic heterocycles. The first-order valence-corrected chi connectivity index (χ1v) is 19.1. The first kappa shape index (κ1) is 37.3. The quantitative estimate of drug-likeness (QED) is 0.174. The van der Waals surface area contributed by atoms with Crippen molar-refractivity contribution >= 4 is 15.6 Å². The van der Waals surface area contributed by atoms with Gasteiger partial charge in [0.15, 0.2) is 17.7 Å². The van der Waals surface area contributed by atoms with E-state index in [0.717, 1.165) is 22.3 Å². The molecule has 0 radical (unpaired) electrons. The van der Waals surface area contributed by atoms with Gasteiger partial charge in [0.05, 0.1) is 31.8 Å². The van der Waals surface area contributed by atoms with E-state index in [4.69, 9.17) is 37.9 Å². The standard InChI is InChI=1S/C41H47NO10S/c1-26-9-19-32(20-10-26)53(43,44)42-27(2)34(23-35(42)29-13-17-31(46-8)18-14-29)33(28-11-15-30(45-7)16-12-28)21-22-47-38-37-36(50-40(5,6)51-37)24-48-41(38)25-49-39(3,4)52-41/h9-20,22-23,27,35-38H,24-25H2,1-8H3/t21?,27-,35+,36-,37-,38+,41+/m1/s1. The van der Waals surface area contributed by atoms with Crippen LogP contribution in [0.1, 0.15) is 57.4 Å². The number of hydrogen-bond donors (Lipinski definition) is 0. The molecule has 1 spiro atoms. The predicted octanol–water partition coefficient (Wildman–Crippen LogP) is 6.68. The lowest BCUT2D eigenvalue weighted by atomic mass is 9.94. The molecule has 3 aromatic carbocycles. The molecule has 0 amide bonds. The van der Waals surface area contributed by atoms with Crippen LogP contribution in [0.2, 0.25) is 0 Å². The van der Waals surface area contributed by atoms with Gasteiger partial charge in [-0.15, -0.1) is 0 Å². The molecule has 4 heterocycles. The molecule has 7 rings (SSSR count). The summed E-state index contributed by atoms with van der Waals surface area (Å²) in [7, 11) is -0.788. The van der Waals surface area contributed by atoms with Crippen molar-refractivity contribution in [3.05, 3.63) is 113 Å². The lowest BCUT2D eigenvalue weighted by Gasteiger charge is -2.43. The number of sulfonamides is 1. The number of methoxy groups -OCH3 is 2. The molecular formula is C41H47NO10S. The van der Waals surface area contributed by atoms with Crippen molar-refractivity contribution in [2.75, 3.05) is 27.4 Å². The molecule has 0 aromatic heterocycles. The van der Waals surface area contributed by atoms with E-state index < -0.39 is 57.8 Å². The normalized spacial score (nSPS) is 28.9. The van der Waals surface area contributed by atoms with E-state index in [-0.39, 0.29) is 18.1 Å². The van der Waals surface area contributed by atoms with Crippen molar-refractivity contribution in [2.24, 2.45) is 0 Å². The zero-order chi connectivity index (χ0) is 37.8. The van der Waals surface area contributed by atoms with Crippen LogP contribution in [0.4, 0.5) is 0 Å². The highest BCUT2D eigenvalue weighted by molar-refractivity contribution is 7.89. The van der Waals surface area contributed by atoms with Crippen LogP contribution in [-0.4, -0.2) is 81.9 Å². The van der Waals surface area contributed by atoms with Crippen molar-refractivity contribution in [1.29, 1.82) is 0 Å². The van der Waals surface area contributed by atoms with E-state index in [9.17, 15) is 8.42 Å². The maximum atomic E-state index is 14.5. The molecule has 6 atom stereocenters. The molecule has 4 aliphatic rings. The third-order valence-electron chi connectivity index (χ3n) is 10.1. The Hall–Kier alpha value is -3.97. The largest absolute Gasteiger partial charge is 0.497 e. The minimum Gasteiger partial charge on any atom is -0.497 e. The van der Waals surface area contributed by atoms with Crippen LogP contribution in [0.25, 0.3) is 5.57 Å². The topological polar surface area (TPSA) is 111 Å². The fraction of sp³-hybridized carbons (Fsp3) is 0.439. The Morgan fingerprint density at radius 1 is 0.868 bits per heavy atom. The third-order valence-corrected chi connectivity index (χ3v) is 12.0. The number of hydrogen-bond acceptors (Lipinski definition) is 10. The van der Waals surface area contributed by atoms with Gasteiger partial charge >= 0.3 is 0 Å². The highest BCUT2D eigenvalue weighted by Gasteiger charge is 2.64. The van der Waals surface area contributed by atoms with Crippen molar-refractivity contribution in [2.45, 2.75) is 94.2 Å². The summed E-state index contributed by atoms with van der Waals surface area (Å²) in [6.45, 7) is 11.5. The predicted molar refractivity (Wildman–Crippen MR) is 196 cm³/mol. The van der Waals surface area contributed by atoms with Gasteiger partial charge in [0.2, 0.25) is 15.8 Å². The van der Waals surface area contributed by atoms with E-state index >= 15 is 0 Å². The van der Waals surface area contributed by atoms with Gasteiger partial charge in [-0.05, 0) is 94.6 Å². The van der Waals surface area contributed by atoms with E-state index in [0.29, 0.717) is 17.1 Å². The average molecular weight is 746 g/mol. The lowest BCUT2D eigenvalue weighted by molar-refractivity contribution is -0.326. The zero-order valence-corrected chi connectivity index (χ0v) is 32.1. The van der Waals surface area contributed by atoms with Crippen LogP contribution in [-0.2, 0) is 38.4 Å². The van der Waals surface area contributed by atoms with Crippen LogP contribution < -0.4 is 9.47 Å². The second kappa shape index (κ2) is 14.0. The summed E-state index contributed by atoms with van der Waals surface area (Å²) in [4.78, 5) is 0.206. The van der Waals surface area contributed by atoms with Crippen molar-refractivity contribution < 1.29 is 46.3 Å². The van der Waals surface area contributed by atoms with Crippen molar-refractivity contribution in [3.8, 4) is 11.5 Å². The van der Waals surface area contributed by atoms with Crippen LogP contribution in [0.5, 0.6) is 11.5 Å². The molecule has 0 bridgehead atoms. The Morgan fingerprint density at radius 2 is 1.51 bits per heavy atom. The average Bonchev–Trinajstić information content (AvgIpc) is 3.76. The van der Waals surface area contributed by atoms with Gasteiger partial charge < -0.3 is 37.9 Å². The molecule has 53 heavy (non-hydrogen) atoms. The number of ether oxygens (including phenoxy) is 8. The van der Waals surface area contributed by atoms with Crippen LogP contribution >= 0.6 is 0 Å². The van der Waals surface area contributed by atoms with Gasteiger partial charge in [0.1, 0.15) is 36.6 Å². The molecule has 0 unspecified atom stereocenters. The maximum absolute atomic E-state index is 14.5. The Bertz CT molecular complexity index is 2020. The molecule has 3 saturated heterocycles. The Morgan fingerprint density at radius 3 is 2.11 bits per heavy atom. The van der Waals surface area contributed by atoms with Crippen LogP contribution in [0.3, 0.4) is 0 Å². The van der Waals surface area contributed by atoms with E-state index in [1.807, 2.05) is 96.1 Å². The first-order chi connectivity index (χ1) is 25.1. The summed E-state index contributed by atoms with van der Waals surface area (Å²) < 4.78 is 79.2. The van der Waals surface area contributed by atoms with Crippen molar-refractivity contribution in [3.63, 3.8) is 0 Å². The Kier molecular flexibility index (Phi) is 9.88. The number of rotatable bonds is 9. The van der Waals surface area contributed by atoms with E-state index in [1.54, 1.807) is 42.8 Å². The number of aryl methyl sites for hydroxylation is 1. The summed E-state index contributed by atoms with van der Waals surface area (Å²) in [6.07, 6.45) is 1.75. The monoisotopic (exact) mass is 745 g/mol. The molecule has 0 saturated carbocycles. The summed E-state index contributed by atoms with van der Waals surface area (Å²) in [5.74, 6) is -1.69. The van der Waals surface area contributed by atoms with Gasteiger partial charge in [-0.25, -0.2) is 8.42 Å². The minimum absolute atomic E-state index is 0.123. The van der Waals surface area contributed by atoms with Crippen molar-refractivity contribution in [1.82, 2.24) is 4.31 Å². The Labute approximate surface area is 311 Å². The van der Waals surface area contributed by atoms with E-state index in [1.165, 1.54) is 6.26 Å². The summed E-state index contributed by atoms with van der Waals surface area (Å²) >= 11 is 0. The molecule has 0 aliphatic carbocycles. The molecular weight excluding hydrogens is 699 g/mol. The summed E-state index contributed by atoms with van der Waals surface area (Å²) in [5.41, 5.74) is 7.30. The Balaban J connectivity index is 1.34. The van der Waals surface area contributed by atoms with Gasteiger partial charge in [-0.1, -0.05) is 53.8 Å². The highest BCUT2D eigenvalue weighted by atomic mass is 32.2. The fourth-order valence-corrected chi connectivity index (χ4v) is 9.23.